The number of aliphatic hydroxyl groups excluding tert-OH is 1. The fourth-order valence-electron chi connectivity index (χ4n) is 2.30. The predicted molar refractivity (Wildman–Crippen MR) is 80.9 cm³/mol. The van der Waals surface area contributed by atoms with Crippen LogP contribution >= 0.6 is 0 Å². The molecule has 7 heteroatoms. The largest absolute Gasteiger partial charge is 0.493 e. The molecule has 1 aromatic rings. The molecular weight excluding hydrogens is 294 g/mol. The number of methoxy groups -OCH3 is 1. The number of anilines is 1. The molecule has 21 heavy (non-hydrogen) atoms. The summed E-state index contributed by atoms with van der Waals surface area (Å²) in [6, 6.07) is 5.60. The monoisotopic (exact) mass is 315 g/mol. The van der Waals surface area contributed by atoms with Gasteiger partial charge in [-0.05, 0) is 25.0 Å². The summed E-state index contributed by atoms with van der Waals surface area (Å²) in [5, 5.41) is 12.2. The maximum atomic E-state index is 11.4. The predicted octanol–water partition coefficient (Wildman–Crippen LogP) is 1.06. The van der Waals surface area contributed by atoms with Crippen LogP contribution in [-0.2, 0) is 9.84 Å². The highest BCUT2D eigenvalue weighted by Gasteiger charge is 2.23. The Morgan fingerprint density at radius 1 is 1.29 bits per heavy atom. The van der Waals surface area contributed by atoms with E-state index in [0.717, 1.165) is 5.69 Å². The van der Waals surface area contributed by atoms with Crippen molar-refractivity contribution >= 4 is 15.5 Å². The Morgan fingerprint density at radius 3 is 2.62 bits per heavy atom. The zero-order chi connectivity index (χ0) is 15.3. The number of rotatable bonds is 6. The molecule has 1 aliphatic rings. The maximum Gasteiger partial charge on any atom is 0.163 e. The highest BCUT2D eigenvalue weighted by atomic mass is 32.2. The normalized spacial score (nSPS) is 18.2. The van der Waals surface area contributed by atoms with E-state index in [-0.39, 0.29) is 30.8 Å². The molecule has 1 aliphatic heterocycles. The molecule has 0 amide bonds. The zero-order valence-corrected chi connectivity index (χ0v) is 12.9. The van der Waals surface area contributed by atoms with Gasteiger partial charge < -0.3 is 19.9 Å². The molecule has 1 heterocycles. The van der Waals surface area contributed by atoms with Crippen LogP contribution in [0.3, 0.4) is 0 Å². The summed E-state index contributed by atoms with van der Waals surface area (Å²) in [5.41, 5.74) is 0.855. The third-order valence-electron chi connectivity index (χ3n) is 3.44. The van der Waals surface area contributed by atoms with Gasteiger partial charge in [-0.15, -0.1) is 0 Å². The molecule has 0 aliphatic carbocycles. The summed E-state index contributed by atoms with van der Waals surface area (Å²) >= 11 is 0. The van der Waals surface area contributed by atoms with Gasteiger partial charge in [0, 0.05) is 17.8 Å². The van der Waals surface area contributed by atoms with Gasteiger partial charge >= 0.3 is 0 Å². The number of benzene rings is 1. The van der Waals surface area contributed by atoms with Crippen LogP contribution in [0.15, 0.2) is 18.2 Å². The summed E-state index contributed by atoms with van der Waals surface area (Å²) in [6.45, 7) is 0.128. The van der Waals surface area contributed by atoms with Gasteiger partial charge in [0.15, 0.2) is 11.5 Å². The summed E-state index contributed by atoms with van der Waals surface area (Å²) in [5.74, 6) is 1.61. The Labute approximate surface area is 125 Å². The first-order valence-corrected chi connectivity index (χ1v) is 8.75. The summed E-state index contributed by atoms with van der Waals surface area (Å²) < 4.78 is 33.5. The van der Waals surface area contributed by atoms with Crippen LogP contribution < -0.4 is 14.8 Å². The van der Waals surface area contributed by atoms with Crippen molar-refractivity contribution in [1.82, 2.24) is 0 Å². The van der Waals surface area contributed by atoms with E-state index in [9.17, 15) is 8.42 Å². The number of aliphatic hydroxyl groups is 1. The molecule has 0 aromatic heterocycles. The molecule has 0 atom stereocenters. The summed E-state index contributed by atoms with van der Waals surface area (Å²) in [4.78, 5) is 0. The van der Waals surface area contributed by atoms with Gasteiger partial charge in [0.1, 0.15) is 16.4 Å². The Kier molecular flexibility index (Phi) is 5.30. The van der Waals surface area contributed by atoms with E-state index in [4.69, 9.17) is 14.6 Å². The molecule has 2 N–H and O–H groups in total. The molecule has 6 nitrogen and oxygen atoms in total. The fraction of sp³-hybridized carbons (Fsp3) is 0.571. The van der Waals surface area contributed by atoms with E-state index >= 15 is 0 Å². The zero-order valence-electron chi connectivity index (χ0n) is 12.0. The lowest BCUT2D eigenvalue weighted by Crippen LogP contribution is -2.32. The standard InChI is InChI=1S/C14H21NO5S/c1-19-13-3-2-12(10-14(13)20-7-6-16)15-11-4-8-21(17,18)9-5-11/h2-3,10-11,15-16H,4-9H2,1H3. The van der Waals surface area contributed by atoms with Crippen LogP contribution in [0, 0.1) is 0 Å². The van der Waals surface area contributed by atoms with Crippen molar-refractivity contribution in [2.24, 2.45) is 0 Å². The highest BCUT2D eigenvalue weighted by Crippen LogP contribution is 2.31. The average Bonchev–Trinajstić information content (AvgIpc) is 2.47. The van der Waals surface area contributed by atoms with Gasteiger partial charge in [0.2, 0.25) is 0 Å². The van der Waals surface area contributed by atoms with Crippen LogP contribution in [0.25, 0.3) is 0 Å². The van der Waals surface area contributed by atoms with Crippen LogP contribution in [0.2, 0.25) is 0 Å². The second-order valence-corrected chi connectivity index (χ2v) is 7.31. The smallest absolute Gasteiger partial charge is 0.163 e. The van der Waals surface area contributed by atoms with Crippen LogP contribution in [0.4, 0.5) is 5.69 Å². The first-order valence-electron chi connectivity index (χ1n) is 6.93. The van der Waals surface area contributed by atoms with E-state index < -0.39 is 9.84 Å². The van der Waals surface area contributed by atoms with Crippen molar-refractivity contribution in [3.8, 4) is 11.5 Å². The molecule has 0 radical (unpaired) electrons. The van der Waals surface area contributed by atoms with Crippen molar-refractivity contribution in [3.63, 3.8) is 0 Å². The van der Waals surface area contributed by atoms with E-state index in [1.165, 1.54) is 0 Å². The molecule has 0 unspecified atom stereocenters. The molecule has 2 rings (SSSR count). The second kappa shape index (κ2) is 7.00. The van der Waals surface area contributed by atoms with E-state index in [2.05, 4.69) is 5.32 Å². The van der Waals surface area contributed by atoms with E-state index in [0.29, 0.717) is 24.3 Å². The minimum atomic E-state index is -2.85. The molecule has 1 saturated heterocycles. The Balaban J connectivity index is 2.03. The van der Waals surface area contributed by atoms with Crippen molar-refractivity contribution in [1.29, 1.82) is 0 Å². The van der Waals surface area contributed by atoms with E-state index in [1.807, 2.05) is 6.07 Å². The summed E-state index contributed by atoms with van der Waals surface area (Å²) in [6.07, 6.45) is 1.22. The third kappa shape index (κ3) is 4.50. The van der Waals surface area contributed by atoms with Crippen molar-refractivity contribution < 1.29 is 23.0 Å². The topological polar surface area (TPSA) is 84.9 Å². The number of hydrogen-bond donors (Lipinski definition) is 2. The SMILES string of the molecule is COc1ccc(NC2CCS(=O)(=O)CC2)cc1OCCO. The van der Waals surface area contributed by atoms with Crippen LogP contribution in [0.5, 0.6) is 11.5 Å². The minimum absolute atomic E-state index is 0.0682. The number of ether oxygens (including phenoxy) is 2. The number of nitrogens with one attached hydrogen (secondary N) is 1. The molecule has 1 aromatic carbocycles. The Bertz CT molecular complexity index is 559. The van der Waals surface area contributed by atoms with E-state index in [1.54, 1.807) is 19.2 Å². The van der Waals surface area contributed by atoms with Crippen molar-refractivity contribution in [2.75, 3.05) is 37.1 Å². The lowest BCUT2D eigenvalue weighted by Gasteiger charge is -2.24. The molecule has 0 spiro atoms. The van der Waals surface area contributed by atoms with Gasteiger partial charge in [-0.3, -0.25) is 0 Å². The average molecular weight is 315 g/mol. The lowest BCUT2D eigenvalue weighted by atomic mass is 10.1. The Morgan fingerprint density at radius 2 is 2.00 bits per heavy atom. The van der Waals surface area contributed by atoms with Crippen LogP contribution in [0.1, 0.15) is 12.8 Å². The van der Waals surface area contributed by atoms with Gasteiger partial charge in [0.25, 0.3) is 0 Å². The van der Waals surface area contributed by atoms with Gasteiger partial charge in [-0.1, -0.05) is 0 Å². The first-order chi connectivity index (χ1) is 10.0. The quantitative estimate of drug-likeness (QED) is 0.816. The fourth-order valence-corrected chi connectivity index (χ4v) is 3.80. The van der Waals surface area contributed by atoms with Gasteiger partial charge in [0.05, 0.1) is 25.2 Å². The lowest BCUT2D eigenvalue weighted by molar-refractivity contribution is 0.196. The van der Waals surface area contributed by atoms with Crippen molar-refractivity contribution in [2.45, 2.75) is 18.9 Å². The third-order valence-corrected chi connectivity index (χ3v) is 5.15. The molecule has 118 valence electrons. The minimum Gasteiger partial charge on any atom is -0.493 e. The number of sulfone groups is 1. The summed E-state index contributed by atoms with van der Waals surface area (Å²) in [7, 11) is -1.30. The van der Waals surface area contributed by atoms with Crippen molar-refractivity contribution in [3.05, 3.63) is 18.2 Å². The Hall–Kier alpha value is -1.47. The highest BCUT2D eigenvalue weighted by molar-refractivity contribution is 7.91. The van der Waals surface area contributed by atoms with Gasteiger partial charge in [-0.25, -0.2) is 8.42 Å². The molecule has 0 saturated carbocycles. The molecular formula is C14H21NO5S. The molecule has 1 fully saturated rings. The molecule has 0 bridgehead atoms. The second-order valence-electron chi connectivity index (χ2n) is 5.01. The van der Waals surface area contributed by atoms with Crippen LogP contribution in [-0.4, -0.2) is 51.4 Å². The maximum absolute atomic E-state index is 11.4. The first kappa shape index (κ1) is 15.9. The number of hydrogen-bond acceptors (Lipinski definition) is 6. The van der Waals surface area contributed by atoms with Gasteiger partial charge in [-0.2, -0.15) is 0 Å².